The second-order valence-corrected chi connectivity index (χ2v) is 5.33. The average Bonchev–Trinajstić information content (AvgIpc) is 2.54. The number of hydrogen-bond acceptors (Lipinski definition) is 8. The summed E-state index contributed by atoms with van der Waals surface area (Å²) in [5.41, 5.74) is 6.13. The molecule has 24 heavy (non-hydrogen) atoms. The lowest BCUT2D eigenvalue weighted by Gasteiger charge is -2.17. The van der Waals surface area contributed by atoms with Crippen LogP contribution in [0.1, 0.15) is 29.1 Å². The highest BCUT2D eigenvalue weighted by molar-refractivity contribution is 5.91. The van der Waals surface area contributed by atoms with Crippen LogP contribution in [0.4, 0.5) is 11.9 Å². The van der Waals surface area contributed by atoms with Crippen molar-refractivity contribution in [1.82, 2.24) is 20.3 Å². The third kappa shape index (κ3) is 3.80. The summed E-state index contributed by atoms with van der Waals surface area (Å²) in [4.78, 5) is 25.8. The zero-order valence-corrected chi connectivity index (χ0v) is 13.9. The first-order valence-electron chi connectivity index (χ1n) is 7.18. The van der Waals surface area contributed by atoms with E-state index >= 15 is 0 Å². The van der Waals surface area contributed by atoms with E-state index in [9.17, 15) is 9.90 Å². The molecule has 9 nitrogen and oxygen atoms in total. The number of nitrogen functional groups attached to an aromatic ring is 1. The van der Waals surface area contributed by atoms with Crippen LogP contribution >= 0.6 is 0 Å². The van der Waals surface area contributed by atoms with Gasteiger partial charge < -0.3 is 25.8 Å². The van der Waals surface area contributed by atoms with Crippen molar-refractivity contribution >= 4 is 17.8 Å². The Hall–Kier alpha value is -3.10. The molecule has 0 radical (unpaired) electrons. The molecule has 9 heteroatoms. The van der Waals surface area contributed by atoms with Crippen LogP contribution in [0.2, 0.25) is 0 Å². The summed E-state index contributed by atoms with van der Waals surface area (Å²) >= 11 is 0. The van der Waals surface area contributed by atoms with Gasteiger partial charge in [-0.15, -0.1) is 0 Å². The molecule has 1 aromatic heterocycles. The van der Waals surface area contributed by atoms with E-state index < -0.39 is 11.9 Å². The van der Waals surface area contributed by atoms with Crippen molar-refractivity contribution in [2.75, 3.05) is 31.8 Å². The number of phenols is 1. The summed E-state index contributed by atoms with van der Waals surface area (Å²) in [5, 5.41) is 12.7. The van der Waals surface area contributed by atoms with Gasteiger partial charge in [0.1, 0.15) is 11.5 Å². The topological polar surface area (TPSA) is 126 Å². The van der Waals surface area contributed by atoms with E-state index in [1.54, 1.807) is 38.1 Å². The Labute approximate surface area is 139 Å². The number of phenolic OH excluding ortho intramolecular Hbond substituents is 1. The summed E-state index contributed by atoms with van der Waals surface area (Å²) in [6.45, 7) is 1.73. The van der Waals surface area contributed by atoms with Crippen molar-refractivity contribution in [1.29, 1.82) is 0 Å². The Morgan fingerprint density at radius 3 is 2.67 bits per heavy atom. The number of hydrogen-bond donors (Lipinski definition) is 3. The highest BCUT2D eigenvalue weighted by Gasteiger charge is 2.19. The van der Waals surface area contributed by atoms with Gasteiger partial charge in [-0.05, 0) is 25.1 Å². The molecule has 4 N–H and O–H groups in total. The molecular formula is C15H20N6O3. The van der Waals surface area contributed by atoms with Crippen molar-refractivity contribution in [2.24, 2.45) is 0 Å². The molecule has 1 aromatic carbocycles. The number of aromatic hydroxyl groups is 1. The van der Waals surface area contributed by atoms with E-state index in [0.29, 0.717) is 11.3 Å². The second kappa shape index (κ2) is 6.99. The quantitative estimate of drug-likeness (QED) is 0.731. The van der Waals surface area contributed by atoms with Crippen LogP contribution in [0, 0.1) is 0 Å². The standard InChI is InChI=1S/C15H20N6O3/c1-8(10-7-9(24-4)5-6-11(10)22)17-13(23)12-18-14(16)20-15(19-12)21(2)3/h5-8,22H,1-4H3,(H,17,23)(H2,16,18,19,20). The molecule has 1 amide bonds. The molecule has 1 heterocycles. The molecular weight excluding hydrogens is 312 g/mol. The van der Waals surface area contributed by atoms with Crippen LogP contribution < -0.4 is 20.7 Å². The lowest BCUT2D eigenvalue weighted by atomic mass is 10.1. The number of rotatable bonds is 5. The maximum atomic E-state index is 12.4. The number of nitrogens with two attached hydrogens (primary N) is 1. The third-order valence-electron chi connectivity index (χ3n) is 3.29. The summed E-state index contributed by atoms with van der Waals surface area (Å²) < 4.78 is 5.13. The van der Waals surface area contributed by atoms with E-state index in [-0.39, 0.29) is 23.5 Å². The predicted octanol–water partition coefficient (Wildman–Crippen LogP) is 0.725. The Bertz CT molecular complexity index is 750. The number of aromatic nitrogens is 3. The van der Waals surface area contributed by atoms with Gasteiger partial charge in [0.25, 0.3) is 5.91 Å². The Morgan fingerprint density at radius 1 is 1.33 bits per heavy atom. The van der Waals surface area contributed by atoms with Crippen molar-refractivity contribution < 1.29 is 14.6 Å². The van der Waals surface area contributed by atoms with Gasteiger partial charge in [0.05, 0.1) is 13.2 Å². The smallest absolute Gasteiger partial charge is 0.289 e. The molecule has 0 aliphatic carbocycles. The van der Waals surface area contributed by atoms with Crippen LogP contribution in [0.3, 0.4) is 0 Å². The van der Waals surface area contributed by atoms with Gasteiger partial charge in [-0.2, -0.15) is 15.0 Å². The molecule has 1 atom stereocenters. The Morgan fingerprint density at radius 2 is 2.04 bits per heavy atom. The number of benzene rings is 1. The summed E-state index contributed by atoms with van der Waals surface area (Å²) in [7, 11) is 4.98. The molecule has 128 valence electrons. The lowest BCUT2D eigenvalue weighted by Crippen LogP contribution is -2.29. The molecule has 0 aliphatic rings. The summed E-state index contributed by atoms with van der Waals surface area (Å²) in [6.07, 6.45) is 0. The molecule has 1 unspecified atom stereocenters. The predicted molar refractivity (Wildman–Crippen MR) is 89.1 cm³/mol. The number of methoxy groups -OCH3 is 1. The van der Waals surface area contributed by atoms with Gasteiger partial charge in [-0.3, -0.25) is 4.79 Å². The van der Waals surface area contributed by atoms with Crippen LogP contribution in [0.25, 0.3) is 0 Å². The molecule has 0 aliphatic heterocycles. The first-order chi connectivity index (χ1) is 11.3. The number of nitrogens with one attached hydrogen (secondary N) is 1. The fraction of sp³-hybridized carbons (Fsp3) is 0.333. The van der Waals surface area contributed by atoms with E-state index in [4.69, 9.17) is 10.5 Å². The van der Waals surface area contributed by atoms with Gasteiger partial charge in [0, 0.05) is 19.7 Å². The van der Waals surface area contributed by atoms with Crippen LogP contribution in [-0.4, -0.2) is 47.2 Å². The Balaban J connectivity index is 2.23. The van der Waals surface area contributed by atoms with E-state index in [2.05, 4.69) is 20.3 Å². The minimum absolute atomic E-state index is 0.0456. The van der Waals surface area contributed by atoms with E-state index in [1.807, 2.05) is 0 Å². The molecule has 0 spiro atoms. The van der Waals surface area contributed by atoms with Crippen molar-refractivity contribution in [2.45, 2.75) is 13.0 Å². The molecule has 0 saturated heterocycles. The number of anilines is 2. The van der Waals surface area contributed by atoms with Crippen molar-refractivity contribution in [3.8, 4) is 11.5 Å². The summed E-state index contributed by atoms with van der Waals surface area (Å²) in [5.74, 6) is 0.235. The molecule has 2 rings (SSSR count). The first-order valence-corrected chi connectivity index (χ1v) is 7.18. The zero-order chi connectivity index (χ0) is 17.9. The monoisotopic (exact) mass is 332 g/mol. The highest BCUT2D eigenvalue weighted by Crippen LogP contribution is 2.28. The molecule has 2 aromatic rings. The van der Waals surface area contributed by atoms with Crippen LogP contribution in [0.15, 0.2) is 18.2 Å². The zero-order valence-electron chi connectivity index (χ0n) is 13.9. The van der Waals surface area contributed by atoms with Gasteiger partial charge >= 0.3 is 0 Å². The molecule has 0 fully saturated rings. The fourth-order valence-electron chi connectivity index (χ4n) is 2.03. The van der Waals surface area contributed by atoms with Gasteiger partial charge in [0.15, 0.2) is 0 Å². The lowest BCUT2D eigenvalue weighted by molar-refractivity contribution is 0.0929. The van der Waals surface area contributed by atoms with E-state index in [0.717, 1.165) is 0 Å². The first kappa shape index (κ1) is 17.3. The third-order valence-corrected chi connectivity index (χ3v) is 3.29. The normalized spacial score (nSPS) is 11.7. The molecule has 0 saturated carbocycles. The summed E-state index contributed by atoms with van der Waals surface area (Å²) in [6, 6.07) is 4.28. The average molecular weight is 332 g/mol. The minimum atomic E-state index is -0.526. The van der Waals surface area contributed by atoms with Crippen LogP contribution in [0.5, 0.6) is 11.5 Å². The second-order valence-electron chi connectivity index (χ2n) is 5.33. The van der Waals surface area contributed by atoms with Gasteiger partial charge in [0.2, 0.25) is 17.7 Å². The SMILES string of the molecule is COc1ccc(O)c(C(C)NC(=O)c2nc(N)nc(N(C)C)n2)c1. The highest BCUT2D eigenvalue weighted by atomic mass is 16.5. The van der Waals surface area contributed by atoms with Crippen LogP contribution in [-0.2, 0) is 0 Å². The number of amides is 1. The number of carbonyl (C=O) groups excluding carboxylic acids is 1. The number of nitrogens with zero attached hydrogens (tertiary/aromatic N) is 4. The van der Waals surface area contributed by atoms with E-state index in [1.165, 1.54) is 13.2 Å². The van der Waals surface area contributed by atoms with Crippen molar-refractivity contribution in [3.63, 3.8) is 0 Å². The number of ether oxygens (including phenoxy) is 1. The Kier molecular flexibility index (Phi) is 5.02. The largest absolute Gasteiger partial charge is 0.508 e. The minimum Gasteiger partial charge on any atom is -0.508 e. The maximum Gasteiger partial charge on any atom is 0.289 e. The fourth-order valence-corrected chi connectivity index (χ4v) is 2.03. The van der Waals surface area contributed by atoms with Crippen molar-refractivity contribution in [3.05, 3.63) is 29.6 Å². The maximum absolute atomic E-state index is 12.4. The van der Waals surface area contributed by atoms with Gasteiger partial charge in [-0.1, -0.05) is 0 Å². The molecule has 0 bridgehead atoms. The number of carbonyl (C=O) groups is 1. The van der Waals surface area contributed by atoms with Gasteiger partial charge in [-0.25, -0.2) is 0 Å².